The van der Waals surface area contributed by atoms with Crippen LogP contribution in [0.4, 0.5) is 0 Å². The largest absolute Gasteiger partial charge is 0.489 e. The van der Waals surface area contributed by atoms with E-state index in [4.69, 9.17) is 4.74 Å². The molecule has 1 aromatic heterocycles. The summed E-state index contributed by atoms with van der Waals surface area (Å²) < 4.78 is 5.82. The Morgan fingerprint density at radius 2 is 1.86 bits per heavy atom. The van der Waals surface area contributed by atoms with E-state index in [2.05, 4.69) is 0 Å². The van der Waals surface area contributed by atoms with Crippen LogP contribution in [0.15, 0.2) is 66.0 Å². The summed E-state index contributed by atoms with van der Waals surface area (Å²) in [5.74, 6) is 0.831. The van der Waals surface area contributed by atoms with Crippen molar-refractivity contribution < 1.29 is 9.53 Å². The van der Waals surface area contributed by atoms with E-state index in [1.54, 1.807) is 11.3 Å². The van der Waals surface area contributed by atoms with Crippen molar-refractivity contribution in [3.05, 3.63) is 77.2 Å². The third-order valence-corrected chi connectivity index (χ3v) is 4.12. The molecule has 0 radical (unpaired) electrons. The molecule has 3 aromatic rings. The van der Waals surface area contributed by atoms with Crippen molar-refractivity contribution in [2.45, 2.75) is 6.61 Å². The van der Waals surface area contributed by atoms with Gasteiger partial charge >= 0.3 is 0 Å². The Balaban J connectivity index is 1.75. The smallest absolute Gasteiger partial charge is 0.150 e. The van der Waals surface area contributed by atoms with Crippen LogP contribution >= 0.6 is 11.3 Å². The molecule has 0 spiro atoms. The molecule has 0 saturated carbocycles. The molecular weight excluding hydrogens is 280 g/mol. The fourth-order valence-corrected chi connectivity index (χ4v) is 2.90. The number of hydrogen-bond acceptors (Lipinski definition) is 3. The molecule has 0 bridgehead atoms. The zero-order valence-corrected chi connectivity index (χ0v) is 12.2. The summed E-state index contributed by atoms with van der Waals surface area (Å²) in [5, 5.41) is 1.86. The molecule has 0 fully saturated rings. The predicted octanol–water partition coefficient (Wildman–Crippen LogP) is 4.81. The van der Waals surface area contributed by atoms with Crippen molar-refractivity contribution >= 4 is 17.6 Å². The van der Waals surface area contributed by atoms with Crippen LogP contribution in [0, 0.1) is 0 Å². The van der Waals surface area contributed by atoms with Gasteiger partial charge in [0, 0.05) is 15.8 Å². The van der Waals surface area contributed by atoms with Gasteiger partial charge in [-0.3, -0.25) is 4.79 Å². The molecule has 104 valence electrons. The Morgan fingerprint density at radius 1 is 1.00 bits per heavy atom. The lowest BCUT2D eigenvalue weighted by atomic mass is 10.1. The van der Waals surface area contributed by atoms with Gasteiger partial charge in [-0.05, 0) is 29.3 Å². The normalized spacial score (nSPS) is 10.3. The molecule has 0 saturated heterocycles. The van der Waals surface area contributed by atoms with Crippen molar-refractivity contribution in [2.24, 2.45) is 0 Å². The second kappa shape index (κ2) is 6.37. The summed E-state index contributed by atoms with van der Waals surface area (Å²) in [6.45, 7) is 0.550. The first-order chi connectivity index (χ1) is 10.3. The van der Waals surface area contributed by atoms with Gasteiger partial charge < -0.3 is 4.74 Å². The summed E-state index contributed by atoms with van der Waals surface area (Å²) in [6, 6.07) is 19.9. The number of thiophene rings is 1. The number of aldehydes is 1. The summed E-state index contributed by atoms with van der Waals surface area (Å²) >= 11 is 1.56. The molecule has 21 heavy (non-hydrogen) atoms. The van der Waals surface area contributed by atoms with Crippen LogP contribution in [0.3, 0.4) is 0 Å². The van der Waals surface area contributed by atoms with Gasteiger partial charge in [0.1, 0.15) is 12.4 Å². The molecule has 0 aliphatic carbocycles. The van der Waals surface area contributed by atoms with Gasteiger partial charge in [0.05, 0.1) is 0 Å². The Hall–Kier alpha value is -2.39. The fraction of sp³-hybridized carbons (Fsp3) is 0.0556. The van der Waals surface area contributed by atoms with Gasteiger partial charge in [0.15, 0.2) is 6.29 Å². The van der Waals surface area contributed by atoms with E-state index >= 15 is 0 Å². The van der Waals surface area contributed by atoms with Crippen LogP contribution in [0.2, 0.25) is 0 Å². The number of benzene rings is 2. The highest BCUT2D eigenvalue weighted by molar-refractivity contribution is 7.13. The maximum absolute atomic E-state index is 10.8. The number of carbonyl (C=O) groups excluding carboxylic acids is 1. The van der Waals surface area contributed by atoms with Gasteiger partial charge in [0.25, 0.3) is 0 Å². The number of carbonyl (C=O) groups is 1. The topological polar surface area (TPSA) is 26.3 Å². The first kappa shape index (κ1) is 13.6. The molecule has 3 rings (SSSR count). The van der Waals surface area contributed by atoms with Gasteiger partial charge in [-0.2, -0.15) is 0 Å². The molecule has 0 aliphatic rings. The van der Waals surface area contributed by atoms with Crippen molar-refractivity contribution in [3.63, 3.8) is 0 Å². The molecule has 0 unspecified atom stereocenters. The van der Waals surface area contributed by atoms with E-state index in [9.17, 15) is 4.79 Å². The van der Waals surface area contributed by atoms with E-state index in [0.717, 1.165) is 28.0 Å². The molecule has 2 nitrogen and oxygen atoms in total. The van der Waals surface area contributed by atoms with Gasteiger partial charge in [0.2, 0.25) is 0 Å². The van der Waals surface area contributed by atoms with Crippen LogP contribution in [-0.2, 0) is 6.61 Å². The van der Waals surface area contributed by atoms with Crippen molar-refractivity contribution in [3.8, 4) is 16.2 Å². The van der Waals surface area contributed by atoms with Crippen molar-refractivity contribution in [1.29, 1.82) is 0 Å². The number of hydrogen-bond donors (Lipinski definition) is 0. The Bertz CT molecular complexity index is 732. The molecular formula is C18H14O2S. The third-order valence-electron chi connectivity index (χ3n) is 3.12. The minimum Gasteiger partial charge on any atom is -0.489 e. The summed E-state index contributed by atoms with van der Waals surface area (Å²) in [6.07, 6.45) is 0.871. The van der Waals surface area contributed by atoms with Crippen LogP contribution in [-0.4, -0.2) is 6.29 Å². The zero-order chi connectivity index (χ0) is 14.5. The van der Waals surface area contributed by atoms with E-state index in [-0.39, 0.29) is 0 Å². The average Bonchev–Trinajstić information content (AvgIpc) is 3.03. The van der Waals surface area contributed by atoms with E-state index in [0.29, 0.717) is 12.2 Å². The fourth-order valence-electron chi connectivity index (χ4n) is 2.04. The average molecular weight is 294 g/mol. The summed E-state index contributed by atoms with van der Waals surface area (Å²) in [7, 11) is 0. The van der Waals surface area contributed by atoms with Crippen LogP contribution in [0.5, 0.6) is 5.75 Å². The van der Waals surface area contributed by atoms with E-state index < -0.39 is 0 Å². The second-order valence-electron chi connectivity index (χ2n) is 4.66. The third kappa shape index (κ3) is 3.38. The molecule has 0 amide bonds. The number of ether oxygens (including phenoxy) is 1. The molecule has 0 aliphatic heterocycles. The highest BCUT2D eigenvalue weighted by Gasteiger charge is 2.04. The minimum absolute atomic E-state index is 0.550. The molecule has 2 aromatic carbocycles. The predicted molar refractivity (Wildman–Crippen MR) is 85.9 cm³/mol. The second-order valence-corrected chi connectivity index (χ2v) is 5.58. The highest BCUT2D eigenvalue weighted by atomic mass is 32.1. The molecule has 0 N–H and O–H groups in total. The summed E-state index contributed by atoms with van der Waals surface area (Å²) in [4.78, 5) is 11.8. The Morgan fingerprint density at radius 3 is 2.62 bits per heavy atom. The van der Waals surface area contributed by atoms with E-state index in [1.807, 2.05) is 66.0 Å². The molecule has 3 heteroatoms. The maximum atomic E-state index is 10.8. The summed E-state index contributed by atoms with van der Waals surface area (Å²) in [5.41, 5.74) is 2.92. The van der Waals surface area contributed by atoms with Gasteiger partial charge in [-0.15, -0.1) is 11.3 Å². The Kier molecular flexibility index (Phi) is 4.12. The van der Waals surface area contributed by atoms with Gasteiger partial charge in [-0.1, -0.05) is 42.5 Å². The lowest BCUT2D eigenvalue weighted by Gasteiger charge is -2.07. The number of rotatable bonds is 5. The monoisotopic (exact) mass is 294 g/mol. The lowest BCUT2D eigenvalue weighted by molar-refractivity contribution is 0.112. The van der Waals surface area contributed by atoms with Gasteiger partial charge in [-0.25, -0.2) is 0 Å². The first-order valence-electron chi connectivity index (χ1n) is 6.66. The minimum atomic E-state index is 0.550. The molecule has 1 heterocycles. The SMILES string of the molecule is O=Cc1csc(-c2cccc(OCc3ccccc3)c2)c1. The van der Waals surface area contributed by atoms with Crippen LogP contribution in [0.25, 0.3) is 10.4 Å². The van der Waals surface area contributed by atoms with E-state index in [1.165, 1.54) is 0 Å². The quantitative estimate of drug-likeness (QED) is 0.631. The highest BCUT2D eigenvalue weighted by Crippen LogP contribution is 2.29. The Labute approximate surface area is 127 Å². The van der Waals surface area contributed by atoms with Crippen molar-refractivity contribution in [1.82, 2.24) is 0 Å². The molecule has 0 atom stereocenters. The zero-order valence-electron chi connectivity index (χ0n) is 11.4. The lowest BCUT2D eigenvalue weighted by Crippen LogP contribution is -1.94. The van der Waals surface area contributed by atoms with Crippen LogP contribution < -0.4 is 4.74 Å². The standard InChI is InChI=1S/C18H14O2S/c19-11-15-9-18(21-13-15)16-7-4-8-17(10-16)20-12-14-5-2-1-3-6-14/h1-11,13H,12H2. The van der Waals surface area contributed by atoms with Crippen LogP contribution in [0.1, 0.15) is 15.9 Å². The maximum Gasteiger partial charge on any atom is 0.150 e. The first-order valence-corrected chi connectivity index (χ1v) is 7.54. The van der Waals surface area contributed by atoms with Crippen molar-refractivity contribution in [2.75, 3.05) is 0 Å².